The highest BCUT2D eigenvalue weighted by atomic mass is 15.1. The summed E-state index contributed by atoms with van der Waals surface area (Å²) in [6.45, 7) is 3.10. The van der Waals surface area contributed by atoms with Crippen LogP contribution in [0.25, 0.3) is 11.0 Å². The molecule has 2 fully saturated rings. The van der Waals surface area contributed by atoms with Gasteiger partial charge in [0.15, 0.2) is 0 Å². The third-order valence-corrected chi connectivity index (χ3v) is 5.60. The average Bonchev–Trinajstić information content (AvgIpc) is 3.28. The summed E-state index contributed by atoms with van der Waals surface area (Å²) in [5.74, 6) is 2.11. The van der Waals surface area contributed by atoms with Crippen molar-refractivity contribution in [3.63, 3.8) is 0 Å². The van der Waals surface area contributed by atoms with Crippen LogP contribution in [0, 0.1) is 5.92 Å². The fraction of sp³-hybridized carbons (Fsp3) is 0.611. The van der Waals surface area contributed by atoms with Gasteiger partial charge in [-0.2, -0.15) is 0 Å². The normalized spacial score (nSPS) is 29.9. The van der Waals surface area contributed by atoms with Gasteiger partial charge < -0.3 is 10.3 Å². The molecule has 0 amide bonds. The van der Waals surface area contributed by atoms with Crippen LogP contribution in [0.2, 0.25) is 0 Å². The lowest BCUT2D eigenvalue weighted by Crippen LogP contribution is -2.41. The van der Waals surface area contributed by atoms with Gasteiger partial charge in [-0.3, -0.25) is 0 Å². The van der Waals surface area contributed by atoms with Crippen LogP contribution >= 0.6 is 0 Å². The number of benzene rings is 1. The Hall–Kier alpha value is -1.35. The molecule has 1 aromatic heterocycles. The Morgan fingerprint density at radius 1 is 1.19 bits per heavy atom. The molecule has 2 saturated carbocycles. The first-order valence-corrected chi connectivity index (χ1v) is 8.41. The molecule has 4 rings (SSSR count). The van der Waals surface area contributed by atoms with E-state index in [0.29, 0.717) is 6.04 Å². The van der Waals surface area contributed by atoms with Crippen molar-refractivity contribution in [1.29, 1.82) is 0 Å². The molecule has 0 saturated heterocycles. The van der Waals surface area contributed by atoms with Crippen molar-refractivity contribution in [3.8, 4) is 0 Å². The van der Waals surface area contributed by atoms with Gasteiger partial charge in [0.25, 0.3) is 0 Å². The van der Waals surface area contributed by atoms with Gasteiger partial charge in [0, 0.05) is 18.0 Å². The van der Waals surface area contributed by atoms with Crippen molar-refractivity contribution in [1.82, 2.24) is 9.55 Å². The maximum Gasteiger partial charge on any atom is 0.117 e. The average molecular weight is 283 g/mol. The van der Waals surface area contributed by atoms with Gasteiger partial charge >= 0.3 is 0 Å². The van der Waals surface area contributed by atoms with E-state index in [4.69, 9.17) is 10.7 Å². The maximum atomic E-state index is 6.27. The number of para-hydroxylation sites is 2. The number of nitrogens with zero attached hydrogens (tertiary/aromatic N) is 2. The van der Waals surface area contributed by atoms with Crippen molar-refractivity contribution in [3.05, 3.63) is 30.1 Å². The van der Waals surface area contributed by atoms with Gasteiger partial charge in [-0.25, -0.2) is 4.98 Å². The molecule has 2 N–H and O–H groups in total. The Balaban J connectivity index is 1.86. The van der Waals surface area contributed by atoms with Gasteiger partial charge in [-0.15, -0.1) is 0 Å². The first-order chi connectivity index (χ1) is 10.2. The van der Waals surface area contributed by atoms with Gasteiger partial charge in [-0.1, -0.05) is 19.1 Å². The van der Waals surface area contributed by atoms with Gasteiger partial charge in [0.2, 0.25) is 0 Å². The standard InChI is InChI=1S/C18H25N3/c1-13-8-10-18(12-19,11-9-13)17-20-15-4-2-3-5-16(15)21(17)14-6-7-14/h2-5,13-14H,6-12,19H2,1H3. The van der Waals surface area contributed by atoms with Crippen LogP contribution in [0.15, 0.2) is 24.3 Å². The lowest BCUT2D eigenvalue weighted by molar-refractivity contribution is 0.231. The van der Waals surface area contributed by atoms with E-state index in [1.807, 2.05) is 0 Å². The first kappa shape index (κ1) is 13.3. The monoisotopic (exact) mass is 283 g/mol. The van der Waals surface area contributed by atoms with Crippen LogP contribution in [0.5, 0.6) is 0 Å². The van der Waals surface area contributed by atoms with Crippen molar-refractivity contribution in [2.45, 2.75) is 56.9 Å². The molecule has 0 spiro atoms. The number of imidazole rings is 1. The van der Waals surface area contributed by atoms with Crippen molar-refractivity contribution < 1.29 is 0 Å². The van der Waals surface area contributed by atoms with Gasteiger partial charge in [-0.05, 0) is 56.6 Å². The first-order valence-electron chi connectivity index (χ1n) is 8.41. The highest BCUT2D eigenvalue weighted by molar-refractivity contribution is 5.76. The summed E-state index contributed by atoms with van der Waals surface area (Å²) >= 11 is 0. The number of rotatable bonds is 3. The smallest absolute Gasteiger partial charge is 0.117 e. The summed E-state index contributed by atoms with van der Waals surface area (Å²) in [6, 6.07) is 9.25. The minimum Gasteiger partial charge on any atom is -0.329 e. The highest BCUT2D eigenvalue weighted by Crippen LogP contribution is 2.46. The minimum atomic E-state index is 0.105. The van der Waals surface area contributed by atoms with Crippen molar-refractivity contribution >= 4 is 11.0 Å². The highest BCUT2D eigenvalue weighted by Gasteiger charge is 2.41. The molecule has 0 bridgehead atoms. The fourth-order valence-electron chi connectivity index (χ4n) is 3.95. The lowest BCUT2D eigenvalue weighted by atomic mass is 9.70. The van der Waals surface area contributed by atoms with Crippen LogP contribution in [-0.2, 0) is 5.41 Å². The number of nitrogens with two attached hydrogens (primary N) is 1. The van der Waals surface area contributed by atoms with Crippen LogP contribution < -0.4 is 5.73 Å². The molecule has 3 nitrogen and oxygen atoms in total. The Kier molecular flexibility index (Phi) is 3.07. The molecule has 112 valence electrons. The second-order valence-corrected chi connectivity index (χ2v) is 7.19. The topological polar surface area (TPSA) is 43.8 Å². The molecule has 0 radical (unpaired) electrons. The van der Waals surface area contributed by atoms with E-state index in [2.05, 4.69) is 35.8 Å². The molecular formula is C18H25N3. The van der Waals surface area contributed by atoms with E-state index in [9.17, 15) is 0 Å². The Morgan fingerprint density at radius 3 is 2.57 bits per heavy atom. The number of aromatic nitrogens is 2. The summed E-state index contributed by atoms with van der Waals surface area (Å²) < 4.78 is 2.53. The SMILES string of the molecule is CC1CCC(CN)(c2nc3ccccc3n2C2CC2)CC1. The molecule has 2 aliphatic carbocycles. The summed E-state index contributed by atoms with van der Waals surface area (Å²) in [5, 5.41) is 0. The molecule has 21 heavy (non-hydrogen) atoms. The summed E-state index contributed by atoms with van der Waals surface area (Å²) in [5.41, 5.74) is 8.83. The quantitative estimate of drug-likeness (QED) is 0.931. The predicted molar refractivity (Wildman–Crippen MR) is 86.4 cm³/mol. The third kappa shape index (κ3) is 2.10. The van der Waals surface area contributed by atoms with E-state index < -0.39 is 0 Å². The van der Waals surface area contributed by atoms with Crippen LogP contribution in [0.1, 0.15) is 57.3 Å². The molecule has 1 heterocycles. The molecule has 0 aliphatic heterocycles. The fourth-order valence-corrected chi connectivity index (χ4v) is 3.95. The molecule has 2 aliphatic rings. The minimum absolute atomic E-state index is 0.105. The predicted octanol–water partition coefficient (Wildman–Crippen LogP) is 3.78. The molecule has 0 atom stereocenters. The molecule has 1 aromatic carbocycles. The van der Waals surface area contributed by atoms with E-state index in [-0.39, 0.29) is 5.41 Å². The molecule has 0 unspecified atom stereocenters. The Labute approximate surface area is 126 Å². The van der Waals surface area contributed by atoms with E-state index in [1.54, 1.807) is 0 Å². The number of hydrogen-bond acceptors (Lipinski definition) is 2. The zero-order valence-corrected chi connectivity index (χ0v) is 12.9. The number of fused-ring (bicyclic) bond motifs is 1. The number of hydrogen-bond donors (Lipinski definition) is 1. The Morgan fingerprint density at radius 2 is 1.90 bits per heavy atom. The summed E-state index contributed by atoms with van der Waals surface area (Å²) in [6.07, 6.45) is 7.55. The second kappa shape index (κ2) is 4.84. The zero-order chi connectivity index (χ0) is 14.4. The van der Waals surface area contributed by atoms with Gasteiger partial charge in [0.1, 0.15) is 5.82 Å². The summed E-state index contributed by atoms with van der Waals surface area (Å²) in [4.78, 5) is 5.05. The van der Waals surface area contributed by atoms with E-state index >= 15 is 0 Å². The van der Waals surface area contributed by atoms with Crippen molar-refractivity contribution in [2.24, 2.45) is 11.7 Å². The molecule has 2 aromatic rings. The second-order valence-electron chi connectivity index (χ2n) is 7.19. The largest absolute Gasteiger partial charge is 0.329 e. The van der Waals surface area contributed by atoms with Gasteiger partial charge in [0.05, 0.1) is 11.0 Å². The molecular weight excluding hydrogens is 258 g/mol. The van der Waals surface area contributed by atoms with Crippen LogP contribution in [-0.4, -0.2) is 16.1 Å². The van der Waals surface area contributed by atoms with Crippen molar-refractivity contribution in [2.75, 3.05) is 6.54 Å². The van der Waals surface area contributed by atoms with E-state index in [1.165, 1.54) is 49.9 Å². The maximum absolute atomic E-state index is 6.27. The zero-order valence-electron chi connectivity index (χ0n) is 12.9. The van der Waals surface area contributed by atoms with E-state index in [0.717, 1.165) is 18.0 Å². The lowest BCUT2D eigenvalue weighted by Gasteiger charge is -2.38. The Bertz CT molecular complexity index is 646. The van der Waals surface area contributed by atoms with Crippen LogP contribution in [0.4, 0.5) is 0 Å². The summed E-state index contributed by atoms with van der Waals surface area (Å²) in [7, 11) is 0. The molecule has 3 heteroatoms. The van der Waals surface area contributed by atoms with Crippen LogP contribution in [0.3, 0.4) is 0 Å². The third-order valence-electron chi connectivity index (χ3n) is 5.60.